The van der Waals surface area contributed by atoms with Crippen LogP contribution in [0.2, 0.25) is 0 Å². The first-order chi connectivity index (χ1) is 8.96. The summed E-state index contributed by atoms with van der Waals surface area (Å²) in [6, 6.07) is 6.98. The lowest BCUT2D eigenvalue weighted by molar-refractivity contribution is -0.141. The number of hydrogen-bond acceptors (Lipinski definition) is 6. The van der Waals surface area contributed by atoms with Crippen molar-refractivity contribution in [1.29, 1.82) is 0 Å². The summed E-state index contributed by atoms with van der Waals surface area (Å²) in [7, 11) is -2.84. The molecule has 1 aromatic carbocycles. The van der Waals surface area contributed by atoms with Gasteiger partial charge in [0.25, 0.3) is 10.1 Å². The molecule has 1 rings (SSSR count). The van der Waals surface area contributed by atoms with Gasteiger partial charge in [-0.2, -0.15) is 8.42 Å². The average molecular weight is 288 g/mol. The number of esters is 1. The molecule has 0 aliphatic carbocycles. The smallest absolute Gasteiger partial charge is 0.324 e. The number of hydrogen-bond donors (Lipinski definition) is 0. The van der Waals surface area contributed by atoms with Crippen LogP contribution >= 0.6 is 0 Å². The van der Waals surface area contributed by atoms with E-state index in [9.17, 15) is 13.2 Å². The van der Waals surface area contributed by atoms with E-state index in [0.29, 0.717) is 6.61 Å². The molecule has 0 bridgehead atoms. The highest BCUT2D eigenvalue weighted by Crippen LogP contribution is 2.12. The standard InChI is InChI=1S/C12H16O6S/c1-3-17-11-6-4-10(5-7-11)8-18-12(13)9-19(14,15)16-2/h4-7H,3,8-9H2,1-2H3. The Kier molecular flexibility index (Phi) is 5.78. The summed E-state index contributed by atoms with van der Waals surface area (Å²) < 4.78 is 36.2. The van der Waals surface area contributed by atoms with Crippen molar-refractivity contribution in [3.8, 4) is 5.75 Å². The van der Waals surface area contributed by atoms with Gasteiger partial charge in [-0.15, -0.1) is 0 Å². The van der Waals surface area contributed by atoms with Crippen LogP contribution in [0.5, 0.6) is 5.75 Å². The molecule has 7 heteroatoms. The summed E-state index contributed by atoms with van der Waals surface area (Å²) in [5.74, 6) is -0.921. The van der Waals surface area contributed by atoms with Crippen LogP contribution < -0.4 is 4.74 Å². The van der Waals surface area contributed by atoms with Crippen LogP contribution in [-0.2, 0) is 30.4 Å². The van der Waals surface area contributed by atoms with Gasteiger partial charge in [-0.3, -0.25) is 8.98 Å². The molecular weight excluding hydrogens is 272 g/mol. The van der Waals surface area contributed by atoms with Gasteiger partial charge in [0.1, 0.15) is 12.4 Å². The third-order valence-corrected chi connectivity index (χ3v) is 3.28. The van der Waals surface area contributed by atoms with Crippen molar-refractivity contribution in [2.75, 3.05) is 19.5 Å². The van der Waals surface area contributed by atoms with Gasteiger partial charge in [0.05, 0.1) is 13.7 Å². The number of carbonyl (C=O) groups is 1. The maximum Gasteiger partial charge on any atom is 0.324 e. The fourth-order valence-electron chi connectivity index (χ4n) is 1.26. The van der Waals surface area contributed by atoms with Gasteiger partial charge in [0.15, 0.2) is 5.75 Å². The SMILES string of the molecule is CCOc1ccc(COC(=O)CS(=O)(=O)OC)cc1. The lowest BCUT2D eigenvalue weighted by Crippen LogP contribution is -2.19. The minimum absolute atomic E-state index is 0.00444. The Balaban J connectivity index is 2.46. The first-order valence-corrected chi connectivity index (χ1v) is 7.20. The molecule has 1 aromatic rings. The Morgan fingerprint density at radius 3 is 2.37 bits per heavy atom. The third kappa shape index (κ3) is 5.71. The van der Waals surface area contributed by atoms with Crippen molar-refractivity contribution in [2.45, 2.75) is 13.5 Å². The van der Waals surface area contributed by atoms with E-state index >= 15 is 0 Å². The minimum Gasteiger partial charge on any atom is -0.494 e. The van der Waals surface area contributed by atoms with E-state index in [1.54, 1.807) is 24.3 Å². The lowest BCUT2D eigenvalue weighted by atomic mass is 10.2. The average Bonchev–Trinajstić information content (AvgIpc) is 2.38. The maximum absolute atomic E-state index is 11.3. The van der Waals surface area contributed by atoms with Crippen molar-refractivity contribution < 1.29 is 26.9 Å². The topological polar surface area (TPSA) is 78.9 Å². The first kappa shape index (κ1) is 15.5. The molecule has 106 valence electrons. The van der Waals surface area contributed by atoms with Crippen LogP contribution in [-0.4, -0.2) is 33.9 Å². The molecule has 0 amide bonds. The van der Waals surface area contributed by atoms with E-state index in [1.165, 1.54) is 0 Å². The Bertz CT molecular complexity index is 506. The van der Waals surface area contributed by atoms with Gasteiger partial charge < -0.3 is 9.47 Å². The molecule has 0 spiro atoms. The van der Waals surface area contributed by atoms with E-state index in [2.05, 4.69) is 4.18 Å². The molecule has 0 radical (unpaired) electrons. The molecule has 0 atom stereocenters. The molecule has 0 heterocycles. The summed E-state index contributed by atoms with van der Waals surface area (Å²) in [4.78, 5) is 11.3. The van der Waals surface area contributed by atoms with Gasteiger partial charge in [-0.1, -0.05) is 12.1 Å². The number of ether oxygens (including phenoxy) is 2. The molecule has 0 saturated carbocycles. The summed E-state index contributed by atoms with van der Waals surface area (Å²) in [5.41, 5.74) is 0.742. The Morgan fingerprint density at radius 1 is 1.21 bits per heavy atom. The summed E-state index contributed by atoms with van der Waals surface area (Å²) >= 11 is 0. The minimum atomic E-state index is -3.83. The Hall–Kier alpha value is -1.60. The predicted octanol–water partition coefficient (Wildman–Crippen LogP) is 1.10. The van der Waals surface area contributed by atoms with E-state index in [-0.39, 0.29) is 6.61 Å². The van der Waals surface area contributed by atoms with Crippen LogP contribution in [0, 0.1) is 0 Å². The summed E-state index contributed by atoms with van der Waals surface area (Å²) in [6.45, 7) is 2.46. The quantitative estimate of drug-likeness (QED) is 0.552. The molecule has 0 N–H and O–H groups in total. The van der Waals surface area contributed by atoms with Crippen LogP contribution in [0.25, 0.3) is 0 Å². The van der Waals surface area contributed by atoms with Crippen molar-refractivity contribution >= 4 is 16.1 Å². The molecule has 0 fully saturated rings. The highest BCUT2D eigenvalue weighted by Gasteiger charge is 2.16. The van der Waals surface area contributed by atoms with Gasteiger partial charge in [0.2, 0.25) is 0 Å². The predicted molar refractivity (Wildman–Crippen MR) is 68.2 cm³/mol. The fraction of sp³-hybridized carbons (Fsp3) is 0.417. The van der Waals surface area contributed by atoms with E-state index in [4.69, 9.17) is 9.47 Å². The van der Waals surface area contributed by atoms with Crippen molar-refractivity contribution in [2.24, 2.45) is 0 Å². The monoisotopic (exact) mass is 288 g/mol. The molecule has 19 heavy (non-hydrogen) atoms. The highest BCUT2D eigenvalue weighted by molar-refractivity contribution is 7.87. The zero-order valence-electron chi connectivity index (χ0n) is 10.8. The van der Waals surface area contributed by atoms with Gasteiger partial charge in [-0.05, 0) is 24.6 Å². The van der Waals surface area contributed by atoms with Crippen LogP contribution in [0.4, 0.5) is 0 Å². The second kappa shape index (κ2) is 7.10. The Morgan fingerprint density at radius 2 is 1.84 bits per heavy atom. The molecule has 0 aliphatic rings. The largest absolute Gasteiger partial charge is 0.494 e. The van der Waals surface area contributed by atoms with Crippen molar-refractivity contribution in [3.05, 3.63) is 29.8 Å². The Labute approximate surface area is 112 Å². The van der Waals surface area contributed by atoms with E-state index < -0.39 is 21.8 Å². The third-order valence-electron chi connectivity index (χ3n) is 2.18. The highest BCUT2D eigenvalue weighted by atomic mass is 32.2. The number of carbonyl (C=O) groups excluding carboxylic acids is 1. The second-order valence-electron chi connectivity index (χ2n) is 3.61. The molecule has 0 unspecified atom stereocenters. The van der Waals surface area contributed by atoms with Crippen molar-refractivity contribution in [3.63, 3.8) is 0 Å². The zero-order chi connectivity index (χ0) is 14.3. The van der Waals surface area contributed by atoms with Crippen LogP contribution in [0.1, 0.15) is 12.5 Å². The van der Waals surface area contributed by atoms with Gasteiger partial charge in [-0.25, -0.2) is 0 Å². The molecule has 0 aromatic heterocycles. The van der Waals surface area contributed by atoms with Crippen LogP contribution in [0.15, 0.2) is 24.3 Å². The van der Waals surface area contributed by atoms with Crippen molar-refractivity contribution in [1.82, 2.24) is 0 Å². The summed E-state index contributed by atoms with van der Waals surface area (Å²) in [5, 5.41) is 0. The second-order valence-corrected chi connectivity index (χ2v) is 5.34. The molecule has 0 saturated heterocycles. The van der Waals surface area contributed by atoms with E-state index in [1.807, 2.05) is 6.92 Å². The lowest BCUT2D eigenvalue weighted by Gasteiger charge is -2.06. The van der Waals surface area contributed by atoms with Gasteiger partial charge >= 0.3 is 5.97 Å². The van der Waals surface area contributed by atoms with E-state index in [0.717, 1.165) is 18.4 Å². The first-order valence-electron chi connectivity index (χ1n) is 5.62. The summed E-state index contributed by atoms with van der Waals surface area (Å²) in [6.07, 6.45) is 0. The van der Waals surface area contributed by atoms with Gasteiger partial charge in [0, 0.05) is 0 Å². The normalized spacial score (nSPS) is 11.1. The van der Waals surface area contributed by atoms with Crippen LogP contribution in [0.3, 0.4) is 0 Å². The number of rotatable bonds is 7. The molecule has 6 nitrogen and oxygen atoms in total. The maximum atomic E-state index is 11.3. The number of benzene rings is 1. The molecular formula is C12H16O6S. The fourth-order valence-corrected chi connectivity index (χ4v) is 1.75. The molecule has 0 aliphatic heterocycles. The zero-order valence-corrected chi connectivity index (χ0v) is 11.6.